The number of anilines is 1. The molecule has 3 aliphatic carbocycles. The van der Waals surface area contributed by atoms with Crippen molar-refractivity contribution in [3.05, 3.63) is 118 Å². The van der Waals surface area contributed by atoms with E-state index in [1.54, 1.807) is 19.2 Å². The highest BCUT2D eigenvalue weighted by Gasteiger charge is 2.54. The number of amides is 1. The van der Waals surface area contributed by atoms with Crippen LogP contribution in [-0.4, -0.2) is 69.8 Å². The number of benzene rings is 3. The molecule has 1 amide bonds. The quantitative estimate of drug-likeness (QED) is 0.0889. The molecule has 0 saturated heterocycles. The van der Waals surface area contributed by atoms with Gasteiger partial charge in [-0.25, -0.2) is 9.59 Å². The predicted molar refractivity (Wildman–Crippen MR) is 233 cm³/mol. The molecular weight excluding hydrogens is 778 g/mol. The largest absolute Gasteiger partial charge is 0.494 e. The number of carbonyl (C=O) groups is 3. The lowest BCUT2D eigenvalue weighted by Gasteiger charge is -2.47. The number of nitrogens with zero attached hydrogens (tertiary/aromatic N) is 2. The van der Waals surface area contributed by atoms with Gasteiger partial charge < -0.3 is 29.9 Å². The lowest BCUT2D eigenvalue weighted by molar-refractivity contribution is -0.149. The highest BCUT2D eigenvalue weighted by atomic mass is 35.5. The molecule has 0 radical (unpaired) electrons. The monoisotopic (exact) mass is 835 g/mol. The van der Waals surface area contributed by atoms with Crippen molar-refractivity contribution in [2.45, 2.75) is 114 Å². The summed E-state index contributed by atoms with van der Waals surface area (Å²) in [6.45, 7) is 5.40. The number of hydrogen-bond donors (Lipinski definition) is 3. The molecule has 10 nitrogen and oxygen atoms in total. The van der Waals surface area contributed by atoms with Gasteiger partial charge in [-0.15, -0.1) is 0 Å². The van der Waals surface area contributed by atoms with Crippen molar-refractivity contribution in [1.82, 2.24) is 9.88 Å². The number of aryl methyl sites for hydroxylation is 1. The molecule has 1 aromatic heterocycles. The molecule has 1 spiro atoms. The number of fused-ring (bicyclic) bond motifs is 3. The number of aliphatic carboxylic acids is 2. The first-order valence-corrected chi connectivity index (χ1v) is 21.9. The fraction of sp³-hybridized carbons (Fsp3) is 0.469. The Morgan fingerprint density at radius 3 is 2.50 bits per heavy atom. The van der Waals surface area contributed by atoms with Crippen LogP contribution < -0.4 is 14.8 Å². The lowest BCUT2D eigenvalue weighted by Crippen LogP contribution is -2.53. The number of ether oxygens (including phenoxy) is 2. The van der Waals surface area contributed by atoms with Crippen molar-refractivity contribution in [3.8, 4) is 11.5 Å². The van der Waals surface area contributed by atoms with E-state index in [0.29, 0.717) is 67.7 Å². The fourth-order valence-corrected chi connectivity index (χ4v) is 10.3. The number of aromatic nitrogens is 1. The van der Waals surface area contributed by atoms with E-state index in [1.807, 2.05) is 60.8 Å². The molecule has 7 rings (SSSR count). The third-order valence-electron chi connectivity index (χ3n) is 13.5. The van der Waals surface area contributed by atoms with Crippen LogP contribution in [0, 0.1) is 11.8 Å². The van der Waals surface area contributed by atoms with Crippen LogP contribution in [0.15, 0.2) is 85.1 Å². The molecule has 3 N–H and O–H groups in total. The lowest BCUT2D eigenvalue weighted by atomic mass is 9.59. The van der Waals surface area contributed by atoms with Crippen molar-refractivity contribution in [2.75, 3.05) is 25.6 Å². The summed E-state index contributed by atoms with van der Waals surface area (Å²) in [6.07, 6.45) is 10.0. The molecule has 318 valence electrons. The number of likely N-dealkylation sites (N-methyl/N-ethyl adjacent to an activating group) is 1. The minimum Gasteiger partial charge on any atom is -0.494 e. The van der Waals surface area contributed by atoms with E-state index < -0.39 is 23.5 Å². The number of carbonyl (C=O) groups excluding carboxylic acids is 1. The molecule has 3 aliphatic rings. The van der Waals surface area contributed by atoms with Crippen molar-refractivity contribution in [3.63, 3.8) is 0 Å². The van der Waals surface area contributed by atoms with Gasteiger partial charge in [-0.05, 0) is 140 Å². The molecule has 11 heteroatoms. The highest BCUT2D eigenvalue weighted by molar-refractivity contribution is 6.30. The Bertz CT molecular complexity index is 2150. The van der Waals surface area contributed by atoms with Gasteiger partial charge in [-0.1, -0.05) is 67.9 Å². The minimum atomic E-state index is -1.14. The zero-order valence-corrected chi connectivity index (χ0v) is 35.8. The second kappa shape index (κ2) is 18.7. The van der Waals surface area contributed by atoms with E-state index in [4.69, 9.17) is 21.1 Å². The van der Waals surface area contributed by atoms with Crippen LogP contribution >= 0.6 is 11.6 Å². The average molecular weight is 836 g/mol. The number of pyridine rings is 1. The Hall–Kier alpha value is -5.09. The van der Waals surface area contributed by atoms with Crippen LogP contribution in [0.3, 0.4) is 0 Å². The standard InChI is InChI=1S/C49H58ClN3O7/c1-32(31-60-43-19-24-51-41-15-7-10-33(2)45(41)43)26-36-28-35-17-18-39(59-25-9-16-44(54)53(3)42(46(55)56)27-34-11-5-4-6-12-34)30-40(35)48(36)20-22-49(23-21-48,47(57)58)52-38-14-8-13-37(50)29-38/h4-6,8,11-14,17-19,24,29-30,32-33,36,42,52H,7,9-10,15-16,20-23,25-28,31H2,1-3H3,(H,55,56)(H,57,58)/t32-,33-,36+,42?,48?,49?/m1/s1. The molecule has 1 saturated carbocycles. The van der Waals surface area contributed by atoms with Crippen LogP contribution in [0.2, 0.25) is 5.02 Å². The van der Waals surface area contributed by atoms with E-state index in [9.17, 15) is 24.6 Å². The first kappa shape index (κ1) is 43.0. The zero-order valence-electron chi connectivity index (χ0n) is 35.0. The summed E-state index contributed by atoms with van der Waals surface area (Å²) >= 11 is 6.30. The summed E-state index contributed by atoms with van der Waals surface area (Å²) in [5.41, 5.74) is 5.04. The van der Waals surface area contributed by atoms with Crippen LogP contribution in [0.1, 0.15) is 106 Å². The SMILES string of the molecule is C[C@@H](COc1ccnc2c1[C@H](C)CCC2)C[C@H]1Cc2ccc(OCCCC(=O)N(C)C(Cc3ccccc3)C(=O)O)cc2C12CCC(Nc1cccc(Cl)c1)(C(=O)O)CC2. The molecule has 4 aromatic rings. The van der Waals surface area contributed by atoms with Crippen LogP contribution in [0.25, 0.3) is 0 Å². The normalized spacial score (nSPS) is 22.9. The number of carboxylic acid groups (broad SMARTS) is 2. The predicted octanol–water partition coefficient (Wildman–Crippen LogP) is 9.51. The Kier molecular flexibility index (Phi) is 13.4. The Morgan fingerprint density at radius 2 is 1.77 bits per heavy atom. The maximum absolute atomic E-state index is 13.1. The molecule has 1 unspecified atom stereocenters. The second-order valence-corrected chi connectivity index (χ2v) is 18.0. The topological polar surface area (TPSA) is 138 Å². The summed E-state index contributed by atoms with van der Waals surface area (Å²) < 4.78 is 12.9. The van der Waals surface area contributed by atoms with Crippen molar-refractivity contribution in [2.24, 2.45) is 11.8 Å². The molecule has 3 aromatic carbocycles. The van der Waals surface area contributed by atoms with Crippen molar-refractivity contribution >= 4 is 35.1 Å². The van der Waals surface area contributed by atoms with E-state index in [0.717, 1.165) is 49.1 Å². The number of halogens is 1. The summed E-state index contributed by atoms with van der Waals surface area (Å²) in [5.74, 6) is 0.454. The van der Waals surface area contributed by atoms with Crippen LogP contribution in [-0.2, 0) is 39.1 Å². The van der Waals surface area contributed by atoms with E-state index >= 15 is 0 Å². The third kappa shape index (κ3) is 9.44. The van der Waals surface area contributed by atoms with Gasteiger partial charge in [0.15, 0.2) is 0 Å². The van der Waals surface area contributed by atoms with Gasteiger partial charge in [0.05, 0.1) is 13.2 Å². The number of nitrogens with one attached hydrogen (secondary N) is 1. The summed E-state index contributed by atoms with van der Waals surface area (Å²) in [5, 5.41) is 24.5. The summed E-state index contributed by atoms with van der Waals surface area (Å²) in [6, 6.07) is 23.9. The van der Waals surface area contributed by atoms with Gasteiger partial charge in [0.1, 0.15) is 23.1 Å². The maximum atomic E-state index is 13.1. The molecule has 0 bridgehead atoms. The Balaban J connectivity index is 1.05. The van der Waals surface area contributed by atoms with Crippen LogP contribution in [0.5, 0.6) is 11.5 Å². The van der Waals surface area contributed by atoms with Crippen LogP contribution in [0.4, 0.5) is 5.69 Å². The van der Waals surface area contributed by atoms with Crippen molar-refractivity contribution < 1.29 is 34.1 Å². The van der Waals surface area contributed by atoms with Gasteiger partial charge in [0, 0.05) is 48.1 Å². The van der Waals surface area contributed by atoms with E-state index in [2.05, 4.69) is 36.3 Å². The zero-order chi connectivity index (χ0) is 42.4. The number of hydrogen-bond acceptors (Lipinski definition) is 7. The first-order valence-electron chi connectivity index (χ1n) is 21.5. The molecule has 0 aliphatic heterocycles. The smallest absolute Gasteiger partial charge is 0.329 e. The Morgan fingerprint density at radius 1 is 0.983 bits per heavy atom. The second-order valence-electron chi connectivity index (χ2n) is 17.5. The van der Waals surface area contributed by atoms with Gasteiger partial charge in [-0.2, -0.15) is 0 Å². The fourth-order valence-electron chi connectivity index (χ4n) is 10.2. The highest BCUT2D eigenvalue weighted by Crippen LogP contribution is 2.57. The van der Waals surface area contributed by atoms with Gasteiger partial charge in [-0.3, -0.25) is 9.78 Å². The van der Waals surface area contributed by atoms with Gasteiger partial charge >= 0.3 is 11.9 Å². The minimum absolute atomic E-state index is 0.157. The molecule has 60 heavy (non-hydrogen) atoms. The molecular formula is C49H58ClN3O7. The maximum Gasteiger partial charge on any atom is 0.329 e. The van der Waals surface area contributed by atoms with Gasteiger partial charge in [0.2, 0.25) is 5.91 Å². The Labute approximate surface area is 358 Å². The summed E-state index contributed by atoms with van der Waals surface area (Å²) in [7, 11) is 1.55. The molecule has 1 heterocycles. The number of carboxylic acids is 2. The molecule has 4 atom stereocenters. The third-order valence-corrected chi connectivity index (χ3v) is 13.7. The van der Waals surface area contributed by atoms with Gasteiger partial charge in [0.25, 0.3) is 0 Å². The first-order chi connectivity index (χ1) is 28.9. The van der Waals surface area contributed by atoms with E-state index in [1.165, 1.54) is 21.6 Å². The van der Waals surface area contributed by atoms with E-state index in [-0.39, 0.29) is 36.0 Å². The molecule has 1 fully saturated rings. The average Bonchev–Trinajstić information content (AvgIpc) is 3.52. The van der Waals surface area contributed by atoms with Crippen molar-refractivity contribution in [1.29, 1.82) is 0 Å². The summed E-state index contributed by atoms with van der Waals surface area (Å²) in [4.78, 5) is 44.3. The number of rotatable bonds is 17.